The van der Waals surface area contributed by atoms with Gasteiger partial charge in [0.15, 0.2) is 0 Å². The average molecular weight is 564 g/mol. The summed E-state index contributed by atoms with van der Waals surface area (Å²) in [5, 5.41) is 10.9. The number of aliphatic carboxylic acids is 1. The number of hydrogen-bond donors (Lipinski definition) is 2. The Morgan fingerprint density at radius 2 is 1.73 bits per heavy atom. The van der Waals surface area contributed by atoms with Crippen LogP contribution in [0.4, 0.5) is 8.78 Å². The lowest BCUT2D eigenvalue weighted by atomic mass is 9.91. The number of rotatable bonds is 11. The van der Waals surface area contributed by atoms with E-state index in [4.69, 9.17) is 5.11 Å². The molecule has 3 aromatic carbocycles. The van der Waals surface area contributed by atoms with Gasteiger partial charge >= 0.3 is 5.97 Å². The Kier molecular flexibility index (Phi) is 9.34. The van der Waals surface area contributed by atoms with Crippen molar-refractivity contribution >= 4 is 34.3 Å². The summed E-state index contributed by atoms with van der Waals surface area (Å²) >= 11 is 0. The average Bonchev–Trinajstić information content (AvgIpc) is 3.44. The monoisotopic (exact) mass is 563 g/mol. The van der Waals surface area contributed by atoms with Crippen LogP contribution in [-0.2, 0) is 22.1 Å². The summed E-state index contributed by atoms with van der Waals surface area (Å²) in [5.41, 5.74) is 3.51. The second-order valence-electron chi connectivity index (χ2n) is 9.08. The van der Waals surface area contributed by atoms with E-state index in [2.05, 4.69) is 10.3 Å². The third kappa shape index (κ3) is 7.35. The molecule has 7 nitrogen and oxygen atoms in total. The van der Waals surface area contributed by atoms with Crippen LogP contribution < -0.4 is 5.32 Å². The van der Waals surface area contributed by atoms with Gasteiger partial charge in [0.25, 0.3) is 5.91 Å². The Bertz CT molecular complexity index is 1540. The number of carboxylic acid groups (broad SMARTS) is 1. The molecule has 0 aliphatic carbocycles. The fraction of sp³-hybridized carbons (Fsp3) is 0.167. The van der Waals surface area contributed by atoms with Gasteiger partial charge < -0.3 is 15.0 Å². The van der Waals surface area contributed by atoms with Crippen LogP contribution in [0.3, 0.4) is 0 Å². The smallest absolute Gasteiger partial charge is 0.303 e. The molecule has 40 heavy (non-hydrogen) atoms. The second-order valence-corrected chi connectivity index (χ2v) is 10.6. The Morgan fingerprint density at radius 3 is 2.33 bits per heavy atom. The van der Waals surface area contributed by atoms with Gasteiger partial charge in [-0.2, -0.15) is 0 Å². The molecule has 4 rings (SSSR count). The van der Waals surface area contributed by atoms with E-state index in [0.717, 1.165) is 11.1 Å². The molecule has 0 aliphatic rings. The largest absolute Gasteiger partial charge is 0.481 e. The van der Waals surface area contributed by atoms with Crippen LogP contribution in [0.15, 0.2) is 85.5 Å². The maximum Gasteiger partial charge on any atom is 0.303 e. The molecule has 2 N–H and O–H groups in total. The minimum absolute atomic E-state index is 0.00468. The highest BCUT2D eigenvalue weighted by atomic mass is 32.2. The predicted octanol–water partition coefficient (Wildman–Crippen LogP) is 5.37. The maximum absolute atomic E-state index is 13.8. The van der Waals surface area contributed by atoms with E-state index in [-0.39, 0.29) is 24.2 Å². The molecule has 1 heterocycles. The number of hydrogen-bond acceptors (Lipinski definition) is 4. The number of amides is 1. The van der Waals surface area contributed by atoms with Gasteiger partial charge in [0.1, 0.15) is 17.0 Å². The van der Waals surface area contributed by atoms with Gasteiger partial charge in [0, 0.05) is 53.5 Å². The van der Waals surface area contributed by atoms with E-state index in [1.54, 1.807) is 55.1 Å². The number of allylic oxidation sites excluding steroid dienone is 1. The molecule has 0 saturated carbocycles. The Hall–Kier alpha value is -4.44. The van der Waals surface area contributed by atoms with E-state index in [9.17, 15) is 22.6 Å². The number of nitrogens with zero attached hydrogens (tertiary/aromatic N) is 2. The lowest BCUT2D eigenvalue weighted by Crippen LogP contribution is -2.38. The van der Waals surface area contributed by atoms with Crippen LogP contribution in [0.5, 0.6) is 0 Å². The lowest BCUT2D eigenvalue weighted by molar-refractivity contribution is -0.137. The number of nitrogens with one attached hydrogen (secondary N) is 1. The topological polar surface area (TPSA) is 101 Å². The Labute approximate surface area is 232 Å². The minimum Gasteiger partial charge on any atom is -0.481 e. The highest BCUT2D eigenvalue weighted by Crippen LogP contribution is 2.32. The first-order chi connectivity index (χ1) is 19.2. The van der Waals surface area contributed by atoms with Crippen molar-refractivity contribution in [3.8, 4) is 11.1 Å². The van der Waals surface area contributed by atoms with Crippen molar-refractivity contribution in [2.45, 2.75) is 24.8 Å². The molecule has 0 saturated heterocycles. The van der Waals surface area contributed by atoms with Gasteiger partial charge in [0.05, 0.1) is 6.33 Å². The van der Waals surface area contributed by atoms with Crippen molar-refractivity contribution in [1.82, 2.24) is 14.9 Å². The number of benzene rings is 3. The molecular formula is C30H27F2N3O4S. The number of carboxylic acids is 1. The van der Waals surface area contributed by atoms with E-state index in [1.165, 1.54) is 30.5 Å². The van der Waals surface area contributed by atoms with Gasteiger partial charge in [-0.05, 0) is 65.1 Å². The fourth-order valence-electron chi connectivity index (χ4n) is 4.27. The molecule has 0 spiro atoms. The highest BCUT2D eigenvalue weighted by molar-refractivity contribution is 7.84. The van der Waals surface area contributed by atoms with Gasteiger partial charge in [0.2, 0.25) is 0 Å². The third-order valence-electron chi connectivity index (χ3n) is 6.24. The Balaban J connectivity index is 1.83. The summed E-state index contributed by atoms with van der Waals surface area (Å²) in [6.07, 6.45) is 8.12. The van der Waals surface area contributed by atoms with E-state index >= 15 is 0 Å². The van der Waals surface area contributed by atoms with E-state index < -0.39 is 33.9 Å². The molecule has 0 radical (unpaired) electrons. The van der Waals surface area contributed by atoms with Crippen LogP contribution in [0, 0.1) is 11.6 Å². The number of carbonyl (C=O) groups is 2. The maximum atomic E-state index is 13.8. The molecular weight excluding hydrogens is 536 g/mol. The molecule has 206 valence electrons. The summed E-state index contributed by atoms with van der Waals surface area (Å²) in [7, 11) is -1.52. The van der Waals surface area contributed by atoms with Crippen LogP contribution >= 0.6 is 0 Å². The summed E-state index contributed by atoms with van der Waals surface area (Å²) in [6, 6.07) is 16.9. The first-order valence-electron chi connectivity index (χ1n) is 12.4. The summed E-state index contributed by atoms with van der Waals surface area (Å²) in [6.45, 7) is 0.400. The summed E-state index contributed by atoms with van der Waals surface area (Å²) in [5.74, 6) is -2.42. The fourth-order valence-corrected chi connectivity index (χ4v) is 4.99. The molecule has 2 atom stereocenters. The SMILES string of the molecule is CS(=O)C(CCC(=O)O)NC(=O)c1cccc(/C=C(/Cn2ccnc2)c2ccc(F)cc2)c1-c1ccc(F)cc1. The zero-order valence-electron chi connectivity index (χ0n) is 21.6. The molecule has 0 bridgehead atoms. The standard InChI is InChI=1S/C30H27F2N3O4S/c1-40(39)27(13-14-28(36)37)34-30(38)26-4-2-3-22(29(26)21-7-11-25(32)12-8-21)17-23(18-35-16-15-33-19-35)20-5-9-24(31)10-6-20/h2-12,15-17,19,27H,13-14,18H2,1H3,(H,34,38)(H,36,37)/b23-17-. The molecule has 4 aromatic rings. The summed E-state index contributed by atoms with van der Waals surface area (Å²) < 4.78 is 41.7. The minimum atomic E-state index is -1.52. The lowest BCUT2D eigenvalue weighted by Gasteiger charge is -2.19. The van der Waals surface area contributed by atoms with Crippen molar-refractivity contribution < 1.29 is 27.7 Å². The molecule has 10 heteroatoms. The second kappa shape index (κ2) is 13.1. The molecule has 2 unspecified atom stereocenters. The van der Waals surface area contributed by atoms with Crippen LogP contribution in [-0.4, -0.2) is 42.4 Å². The quantitative estimate of drug-likeness (QED) is 0.239. The number of carbonyl (C=O) groups excluding carboxylic acids is 1. The van der Waals surface area contributed by atoms with E-state index in [0.29, 0.717) is 23.2 Å². The van der Waals surface area contributed by atoms with Crippen molar-refractivity contribution in [3.63, 3.8) is 0 Å². The zero-order valence-corrected chi connectivity index (χ0v) is 22.4. The number of imidazole rings is 1. The van der Waals surface area contributed by atoms with Gasteiger partial charge in [-0.25, -0.2) is 13.8 Å². The molecule has 0 fully saturated rings. The third-order valence-corrected chi connectivity index (χ3v) is 7.40. The summed E-state index contributed by atoms with van der Waals surface area (Å²) in [4.78, 5) is 28.7. The van der Waals surface area contributed by atoms with Crippen molar-refractivity contribution in [3.05, 3.63) is 114 Å². The van der Waals surface area contributed by atoms with Crippen LogP contribution in [0.1, 0.15) is 34.3 Å². The highest BCUT2D eigenvalue weighted by Gasteiger charge is 2.22. The normalized spacial score (nSPS) is 13.0. The molecule has 1 amide bonds. The van der Waals surface area contributed by atoms with Crippen molar-refractivity contribution in [1.29, 1.82) is 0 Å². The molecule has 0 aliphatic heterocycles. The Morgan fingerprint density at radius 1 is 1.05 bits per heavy atom. The first-order valence-corrected chi connectivity index (χ1v) is 14.0. The molecule has 1 aromatic heterocycles. The van der Waals surface area contributed by atoms with Gasteiger partial charge in [-0.1, -0.05) is 36.4 Å². The van der Waals surface area contributed by atoms with Crippen LogP contribution in [0.25, 0.3) is 22.8 Å². The first kappa shape index (κ1) is 28.6. The zero-order chi connectivity index (χ0) is 28.6. The van der Waals surface area contributed by atoms with Crippen molar-refractivity contribution in [2.75, 3.05) is 6.26 Å². The predicted molar refractivity (Wildman–Crippen MR) is 151 cm³/mol. The van der Waals surface area contributed by atoms with Gasteiger partial charge in [-0.15, -0.1) is 0 Å². The van der Waals surface area contributed by atoms with E-state index in [1.807, 2.05) is 16.7 Å². The van der Waals surface area contributed by atoms with Crippen molar-refractivity contribution in [2.24, 2.45) is 0 Å². The van der Waals surface area contributed by atoms with Gasteiger partial charge in [-0.3, -0.25) is 13.8 Å². The number of aromatic nitrogens is 2. The van der Waals surface area contributed by atoms with Crippen LogP contribution in [0.2, 0.25) is 0 Å². The number of halogens is 2.